The minimum Gasteiger partial charge on any atom is -0.480 e. The molecule has 1 saturated heterocycles. The van der Waals surface area contributed by atoms with Crippen molar-refractivity contribution in [3.8, 4) is 28.7 Å². The van der Waals surface area contributed by atoms with E-state index >= 15 is 0 Å². The lowest BCUT2D eigenvalue weighted by Gasteiger charge is -2.16. The SMILES string of the molecule is COC(=O)c1ccc(Nc2cc(Oc3ccc(-c4nnc(C)o4)cc3)cc(OC3CCN(C)C3=O)c2)nc1. The van der Waals surface area contributed by atoms with Gasteiger partial charge in [0.2, 0.25) is 11.8 Å². The molecule has 4 aromatic rings. The van der Waals surface area contributed by atoms with Crippen LogP contribution in [0.4, 0.5) is 11.5 Å². The van der Waals surface area contributed by atoms with Crippen molar-refractivity contribution in [3.63, 3.8) is 0 Å². The lowest BCUT2D eigenvalue weighted by Crippen LogP contribution is -2.29. The summed E-state index contributed by atoms with van der Waals surface area (Å²) in [7, 11) is 3.06. The molecule has 2 aromatic heterocycles. The number of methoxy groups -OCH3 is 1. The molecule has 1 aliphatic rings. The zero-order chi connectivity index (χ0) is 26.6. The lowest BCUT2D eigenvalue weighted by molar-refractivity contribution is -0.132. The van der Waals surface area contributed by atoms with Crippen LogP contribution < -0.4 is 14.8 Å². The molecule has 5 rings (SSSR count). The fourth-order valence-electron chi connectivity index (χ4n) is 3.90. The van der Waals surface area contributed by atoms with Gasteiger partial charge < -0.3 is 28.8 Å². The third kappa shape index (κ3) is 5.56. The smallest absolute Gasteiger partial charge is 0.339 e. The number of esters is 1. The molecule has 0 aliphatic carbocycles. The van der Waals surface area contributed by atoms with Crippen molar-refractivity contribution in [1.82, 2.24) is 20.1 Å². The summed E-state index contributed by atoms with van der Waals surface area (Å²) in [4.78, 5) is 30.0. The maximum absolute atomic E-state index is 12.4. The number of nitrogens with zero attached hydrogens (tertiary/aromatic N) is 4. The van der Waals surface area contributed by atoms with E-state index in [-0.39, 0.29) is 5.91 Å². The van der Waals surface area contributed by atoms with Gasteiger partial charge in [0, 0.05) is 62.6 Å². The minimum absolute atomic E-state index is 0.0715. The number of carbonyl (C=O) groups excluding carboxylic acids is 2. The number of nitrogens with one attached hydrogen (secondary N) is 1. The second-order valence-electron chi connectivity index (χ2n) is 8.65. The molecular formula is C27H25N5O6. The summed E-state index contributed by atoms with van der Waals surface area (Å²) in [5.41, 5.74) is 1.72. The van der Waals surface area contributed by atoms with Gasteiger partial charge in [-0.2, -0.15) is 0 Å². The average molecular weight is 516 g/mol. The lowest BCUT2D eigenvalue weighted by atomic mass is 10.2. The molecule has 0 spiro atoms. The van der Waals surface area contributed by atoms with Gasteiger partial charge in [0.1, 0.15) is 23.1 Å². The second kappa shape index (κ2) is 10.6. The topological polar surface area (TPSA) is 129 Å². The van der Waals surface area contributed by atoms with Crippen LogP contribution >= 0.6 is 0 Å². The third-order valence-electron chi connectivity index (χ3n) is 5.86. The first-order chi connectivity index (χ1) is 18.4. The Labute approximate surface area is 218 Å². The minimum atomic E-state index is -0.572. The van der Waals surface area contributed by atoms with Crippen molar-refractivity contribution < 1.29 is 28.2 Å². The van der Waals surface area contributed by atoms with E-state index < -0.39 is 12.1 Å². The second-order valence-corrected chi connectivity index (χ2v) is 8.65. The Morgan fingerprint density at radius 2 is 1.84 bits per heavy atom. The highest BCUT2D eigenvalue weighted by Crippen LogP contribution is 2.33. The largest absolute Gasteiger partial charge is 0.480 e. The van der Waals surface area contributed by atoms with E-state index in [9.17, 15) is 9.59 Å². The summed E-state index contributed by atoms with van der Waals surface area (Å²) < 4.78 is 22.3. The number of aryl methyl sites for hydroxylation is 1. The van der Waals surface area contributed by atoms with Crippen molar-refractivity contribution >= 4 is 23.4 Å². The van der Waals surface area contributed by atoms with E-state index in [1.807, 2.05) is 12.1 Å². The number of likely N-dealkylation sites (N-methyl/N-ethyl adjacent to an activating group) is 1. The average Bonchev–Trinajstić information content (AvgIpc) is 3.49. The standard InChI is InChI=1S/C27H25N5O6/c1-16-30-31-25(36-16)17-4-7-20(8-5-17)37-21-12-19(29-24-9-6-18(15-28-24)27(34)35-3)13-22(14-21)38-23-10-11-32(2)26(23)33/h4-9,12-15,23H,10-11H2,1-3H3,(H,28,29). The molecule has 1 atom stereocenters. The van der Waals surface area contributed by atoms with E-state index in [0.29, 0.717) is 59.1 Å². The number of ether oxygens (including phenoxy) is 3. The predicted octanol–water partition coefficient (Wildman–Crippen LogP) is 4.37. The monoisotopic (exact) mass is 515 g/mol. The summed E-state index contributed by atoms with van der Waals surface area (Å²) in [6, 6.07) is 15.8. The number of amides is 1. The van der Waals surface area contributed by atoms with Gasteiger partial charge in [0.05, 0.1) is 12.7 Å². The number of hydrogen-bond donors (Lipinski definition) is 1. The van der Waals surface area contributed by atoms with Crippen molar-refractivity contribution in [2.24, 2.45) is 0 Å². The van der Waals surface area contributed by atoms with Gasteiger partial charge in [-0.15, -0.1) is 10.2 Å². The fraction of sp³-hybridized carbons (Fsp3) is 0.222. The van der Waals surface area contributed by atoms with Crippen LogP contribution in [0.5, 0.6) is 17.2 Å². The Kier molecular flexibility index (Phi) is 6.90. The highest BCUT2D eigenvalue weighted by molar-refractivity contribution is 5.89. The Hall–Kier alpha value is -4.93. The maximum atomic E-state index is 12.4. The van der Waals surface area contributed by atoms with Crippen molar-refractivity contribution in [2.45, 2.75) is 19.4 Å². The van der Waals surface area contributed by atoms with E-state index in [1.54, 1.807) is 61.3 Å². The highest BCUT2D eigenvalue weighted by atomic mass is 16.5. The number of pyridine rings is 1. The molecule has 1 amide bonds. The van der Waals surface area contributed by atoms with Crippen LogP contribution in [0.1, 0.15) is 22.7 Å². The normalized spacial score (nSPS) is 14.9. The summed E-state index contributed by atoms with van der Waals surface area (Å²) in [6.45, 7) is 2.36. The maximum Gasteiger partial charge on any atom is 0.339 e. The quantitative estimate of drug-likeness (QED) is 0.338. The first-order valence-corrected chi connectivity index (χ1v) is 11.8. The molecule has 194 valence electrons. The molecular weight excluding hydrogens is 490 g/mol. The zero-order valence-corrected chi connectivity index (χ0v) is 21.0. The first kappa shape index (κ1) is 24.8. The Balaban J connectivity index is 1.39. The molecule has 1 fully saturated rings. The summed E-state index contributed by atoms with van der Waals surface area (Å²) in [5.74, 6) is 2.38. The molecule has 38 heavy (non-hydrogen) atoms. The van der Waals surface area contributed by atoms with Crippen LogP contribution in [0.25, 0.3) is 11.5 Å². The van der Waals surface area contributed by atoms with E-state index in [4.69, 9.17) is 18.6 Å². The zero-order valence-electron chi connectivity index (χ0n) is 21.0. The van der Waals surface area contributed by atoms with Gasteiger partial charge in [0.15, 0.2) is 6.10 Å². The fourth-order valence-corrected chi connectivity index (χ4v) is 3.90. The van der Waals surface area contributed by atoms with Gasteiger partial charge >= 0.3 is 5.97 Å². The molecule has 1 N–H and O–H groups in total. The molecule has 1 unspecified atom stereocenters. The van der Waals surface area contributed by atoms with Crippen molar-refractivity contribution in [1.29, 1.82) is 0 Å². The Morgan fingerprint density at radius 1 is 1.05 bits per heavy atom. The van der Waals surface area contributed by atoms with Crippen LogP contribution in [0, 0.1) is 6.92 Å². The van der Waals surface area contributed by atoms with Crippen LogP contribution in [-0.2, 0) is 9.53 Å². The van der Waals surface area contributed by atoms with Gasteiger partial charge in [-0.1, -0.05) is 0 Å². The van der Waals surface area contributed by atoms with Gasteiger partial charge in [0.25, 0.3) is 5.91 Å². The third-order valence-corrected chi connectivity index (χ3v) is 5.86. The van der Waals surface area contributed by atoms with Gasteiger partial charge in [-0.25, -0.2) is 9.78 Å². The predicted molar refractivity (Wildman–Crippen MR) is 137 cm³/mol. The molecule has 0 saturated carbocycles. The Morgan fingerprint density at radius 3 is 2.47 bits per heavy atom. The van der Waals surface area contributed by atoms with Crippen LogP contribution in [-0.4, -0.2) is 58.8 Å². The molecule has 11 nitrogen and oxygen atoms in total. The highest BCUT2D eigenvalue weighted by Gasteiger charge is 2.31. The van der Waals surface area contributed by atoms with Gasteiger partial charge in [-0.3, -0.25) is 4.79 Å². The van der Waals surface area contributed by atoms with E-state index in [2.05, 4.69) is 20.5 Å². The number of likely N-dealkylation sites (tertiary alicyclic amines) is 1. The number of hydrogen-bond acceptors (Lipinski definition) is 10. The summed E-state index contributed by atoms with van der Waals surface area (Å²) >= 11 is 0. The van der Waals surface area contributed by atoms with Crippen LogP contribution in [0.3, 0.4) is 0 Å². The van der Waals surface area contributed by atoms with Crippen LogP contribution in [0.15, 0.2) is 65.2 Å². The van der Waals surface area contributed by atoms with Gasteiger partial charge in [-0.05, 0) is 36.4 Å². The molecule has 3 heterocycles. The first-order valence-electron chi connectivity index (χ1n) is 11.8. The molecule has 2 aromatic carbocycles. The molecule has 11 heteroatoms. The summed E-state index contributed by atoms with van der Waals surface area (Å²) in [6.07, 6.45) is 1.44. The van der Waals surface area contributed by atoms with E-state index in [0.717, 1.165) is 5.56 Å². The molecule has 0 bridgehead atoms. The van der Waals surface area contributed by atoms with Crippen LogP contribution in [0.2, 0.25) is 0 Å². The number of anilines is 2. The summed E-state index contributed by atoms with van der Waals surface area (Å²) in [5, 5.41) is 11.1. The Bertz CT molecular complexity index is 1450. The van der Waals surface area contributed by atoms with E-state index in [1.165, 1.54) is 13.3 Å². The molecule has 1 aliphatic heterocycles. The number of benzene rings is 2. The molecule has 0 radical (unpaired) electrons. The number of aromatic nitrogens is 3. The number of carbonyl (C=O) groups is 2. The van der Waals surface area contributed by atoms with Crippen molar-refractivity contribution in [3.05, 3.63) is 72.2 Å². The van der Waals surface area contributed by atoms with Crippen molar-refractivity contribution in [2.75, 3.05) is 26.0 Å². The number of rotatable bonds is 8.